The second kappa shape index (κ2) is 11.1. The van der Waals surface area contributed by atoms with E-state index in [0.717, 1.165) is 11.4 Å². The van der Waals surface area contributed by atoms with Crippen molar-refractivity contribution in [3.05, 3.63) is 170 Å². The predicted octanol–water partition coefficient (Wildman–Crippen LogP) is 11.4. The molecule has 0 atom stereocenters. The molecule has 5 aromatic heterocycles. The van der Waals surface area contributed by atoms with Crippen molar-refractivity contribution in [2.24, 2.45) is 0 Å². The van der Waals surface area contributed by atoms with Crippen LogP contribution >= 0.6 is 0 Å². The Hall–Kier alpha value is -6.26. The SMILES string of the molecule is c1ccc(-n2c3ccccc3c3cc(-c4cncc5[se]c6cncc(-c7ccc8c(c7)c7ccccc7n8-c7ccccc7)c6c45)ccc32)cc1. The van der Waals surface area contributed by atoms with Gasteiger partial charge in [-0.15, -0.1) is 0 Å². The summed E-state index contributed by atoms with van der Waals surface area (Å²) in [5.74, 6) is 0. The van der Waals surface area contributed by atoms with Gasteiger partial charge in [0.05, 0.1) is 0 Å². The molecule has 0 radical (unpaired) electrons. The molecule has 0 bridgehead atoms. The Bertz CT molecular complexity index is 2920. The van der Waals surface area contributed by atoms with Crippen LogP contribution in [0.4, 0.5) is 0 Å². The van der Waals surface area contributed by atoms with E-state index in [2.05, 4.69) is 180 Å². The summed E-state index contributed by atoms with van der Waals surface area (Å²) < 4.78 is 7.35. The van der Waals surface area contributed by atoms with Crippen LogP contribution in [-0.4, -0.2) is 33.6 Å². The number of rotatable bonds is 4. The van der Waals surface area contributed by atoms with Gasteiger partial charge in [0.15, 0.2) is 0 Å². The Morgan fingerprint density at radius 1 is 0.373 bits per heavy atom. The van der Waals surface area contributed by atoms with Crippen LogP contribution in [0.5, 0.6) is 0 Å². The molecule has 51 heavy (non-hydrogen) atoms. The van der Waals surface area contributed by atoms with Gasteiger partial charge in [-0.05, 0) is 0 Å². The number of nitrogens with zero attached hydrogens (tertiary/aromatic N) is 4. The van der Waals surface area contributed by atoms with Crippen molar-refractivity contribution >= 4 is 77.4 Å². The van der Waals surface area contributed by atoms with Crippen LogP contribution in [0.2, 0.25) is 0 Å². The van der Waals surface area contributed by atoms with Gasteiger partial charge in [0, 0.05) is 0 Å². The van der Waals surface area contributed by atoms with Crippen LogP contribution in [0, 0.1) is 0 Å². The summed E-state index contributed by atoms with van der Waals surface area (Å²) in [6, 6.07) is 52.6. The fraction of sp³-hybridized carbons (Fsp3) is 0. The van der Waals surface area contributed by atoms with Gasteiger partial charge in [0.2, 0.25) is 0 Å². The van der Waals surface area contributed by atoms with Crippen molar-refractivity contribution in [2.75, 3.05) is 0 Å². The molecule has 4 nitrogen and oxygen atoms in total. The Morgan fingerprint density at radius 2 is 0.784 bits per heavy atom. The second-order valence-electron chi connectivity index (χ2n) is 13.1. The van der Waals surface area contributed by atoms with E-state index in [1.54, 1.807) is 0 Å². The Kier molecular flexibility index (Phi) is 6.23. The van der Waals surface area contributed by atoms with Crippen LogP contribution in [0.3, 0.4) is 0 Å². The van der Waals surface area contributed by atoms with Crippen LogP contribution in [-0.2, 0) is 0 Å². The van der Waals surface area contributed by atoms with Crippen molar-refractivity contribution in [3.8, 4) is 33.6 Å². The van der Waals surface area contributed by atoms with Crippen LogP contribution in [0.1, 0.15) is 0 Å². The van der Waals surface area contributed by atoms with Crippen molar-refractivity contribution in [1.82, 2.24) is 19.1 Å². The molecule has 11 aromatic rings. The minimum atomic E-state index is 0.109. The van der Waals surface area contributed by atoms with Gasteiger partial charge in [0.1, 0.15) is 0 Å². The van der Waals surface area contributed by atoms with Crippen molar-refractivity contribution in [3.63, 3.8) is 0 Å². The first-order valence-electron chi connectivity index (χ1n) is 17.1. The van der Waals surface area contributed by atoms with Crippen LogP contribution < -0.4 is 0 Å². The van der Waals surface area contributed by atoms with Gasteiger partial charge in [-0.2, -0.15) is 0 Å². The summed E-state index contributed by atoms with van der Waals surface area (Å²) in [5.41, 5.74) is 11.8. The first-order chi connectivity index (χ1) is 25.3. The van der Waals surface area contributed by atoms with E-state index < -0.39 is 0 Å². The molecule has 0 saturated heterocycles. The number of hydrogen-bond acceptors (Lipinski definition) is 2. The summed E-state index contributed by atoms with van der Waals surface area (Å²) >= 11 is 0.109. The van der Waals surface area contributed by atoms with Crippen molar-refractivity contribution < 1.29 is 0 Å². The molecule has 11 rings (SSSR count). The molecule has 0 aliphatic heterocycles. The summed E-state index contributed by atoms with van der Waals surface area (Å²) in [4.78, 5) is 9.61. The second-order valence-corrected chi connectivity index (χ2v) is 15.3. The molecule has 0 amide bonds. The van der Waals surface area contributed by atoms with E-state index in [1.807, 2.05) is 0 Å². The fourth-order valence-electron chi connectivity index (χ4n) is 8.10. The molecule has 0 fully saturated rings. The van der Waals surface area contributed by atoms with Gasteiger partial charge >= 0.3 is 301 Å². The minimum absolute atomic E-state index is 0.109. The number of hydrogen-bond donors (Lipinski definition) is 0. The van der Waals surface area contributed by atoms with E-state index in [1.165, 1.54) is 85.2 Å². The predicted molar refractivity (Wildman–Crippen MR) is 214 cm³/mol. The summed E-state index contributed by atoms with van der Waals surface area (Å²) in [6.45, 7) is 0. The molecule has 5 heterocycles. The monoisotopic (exact) mass is 716 g/mol. The molecule has 6 aromatic carbocycles. The third kappa shape index (κ3) is 4.26. The van der Waals surface area contributed by atoms with Gasteiger partial charge < -0.3 is 0 Å². The topological polar surface area (TPSA) is 35.6 Å². The molecule has 5 heteroatoms. The molecular weight excluding hydrogens is 687 g/mol. The van der Waals surface area contributed by atoms with E-state index in [4.69, 9.17) is 9.97 Å². The quantitative estimate of drug-likeness (QED) is 0.170. The van der Waals surface area contributed by atoms with E-state index >= 15 is 0 Å². The molecular formula is C46H28N4Se. The van der Waals surface area contributed by atoms with Gasteiger partial charge in [-0.25, -0.2) is 0 Å². The maximum absolute atomic E-state index is 4.81. The molecule has 0 aliphatic carbocycles. The van der Waals surface area contributed by atoms with Gasteiger partial charge in [-0.3, -0.25) is 0 Å². The molecule has 0 spiro atoms. The molecule has 0 unspecified atom stereocenters. The van der Waals surface area contributed by atoms with Gasteiger partial charge in [-0.1, -0.05) is 0 Å². The van der Waals surface area contributed by atoms with E-state index in [0.29, 0.717) is 0 Å². The Morgan fingerprint density at radius 3 is 1.25 bits per heavy atom. The van der Waals surface area contributed by atoms with E-state index in [9.17, 15) is 0 Å². The average molecular weight is 716 g/mol. The van der Waals surface area contributed by atoms with Crippen molar-refractivity contribution in [2.45, 2.75) is 0 Å². The van der Waals surface area contributed by atoms with E-state index in [-0.39, 0.29) is 14.5 Å². The third-order valence-electron chi connectivity index (χ3n) is 10.3. The summed E-state index contributed by atoms with van der Waals surface area (Å²) in [5, 5.41) is 7.55. The molecule has 0 N–H and O–H groups in total. The average Bonchev–Trinajstić information content (AvgIpc) is 3.86. The van der Waals surface area contributed by atoms with Crippen molar-refractivity contribution in [1.29, 1.82) is 0 Å². The number of pyridine rings is 2. The fourth-order valence-corrected chi connectivity index (χ4v) is 10.4. The third-order valence-corrected chi connectivity index (χ3v) is 12.5. The number of fused-ring (bicyclic) bond motifs is 9. The maximum atomic E-state index is 4.81. The van der Waals surface area contributed by atoms with Crippen LogP contribution in [0.15, 0.2) is 170 Å². The van der Waals surface area contributed by atoms with Crippen LogP contribution in [0.25, 0.3) is 96.5 Å². The molecule has 238 valence electrons. The standard InChI is InChI=1S/C46H28N4Se/c1-3-11-31(12-4-1)49-39-17-9-7-15-33(39)35-23-29(19-21-41(35)49)37-25-47-27-43-45(37)46-38(26-48-28-44(46)51-43)30-20-22-42-36(24-30)34-16-8-10-18-40(34)50(42)32-13-5-2-6-14-32/h1-28H. The normalized spacial score (nSPS) is 11.9. The Labute approximate surface area is 299 Å². The Balaban J connectivity index is 1.15. The zero-order valence-electron chi connectivity index (χ0n) is 27.4. The summed E-state index contributed by atoms with van der Waals surface area (Å²) in [6.07, 6.45) is 8.25. The van der Waals surface area contributed by atoms with Gasteiger partial charge in [0.25, 0.3) is 0 Å². The molecule has 0 saturated carbocycles. The first kappa shape index (κ1) is 28.6. The summed E-state index contributed by atoms with van der Waals surface area (Å²) in [7, 11) is 0. The molecule has 0 aliphatic rings. The number of para-hydroxylation sites is 4. The zero-order chi connectivity index (χ0) is 33.5. The zero-order valence-corrected chi connectivity index (χ0v) is 29.1. The number of aromatic nitrogens is 4. The number of benzene rings is 6. The first-order valence-corrected chi connectivity index (χ1v) is 18.9.